The number of nitrogens with one attached hydrogen (secondary N) is 2. The highest BCUT2D eigenvalue weighted by Crippen LogP contribution is 2.22. The molecule has 0 saturated carbocycles. The van der Waals surface area contributed by atoms with Gasteiger partial charge in [-0.05, 0) is 18.2 Å². The van der Waals surface area contributed by atoms with E-state index in [1.807, 2.05) is 0 Å². The number of anilines is 1. The Balaban J connectivity index is 1.62. The first-order valence-electron chi connectivity index (χ1n) is 7.00. The minimum Gasteiger partial charge on any atom is -0.327 e. The van der Waals surface area contributed by atoms with Crippen molar-refractivity contribution < 1.29 is 14.4 Å². The number of hydrogen-bond donors (Lipinski definition) is 2. The van der Waals surface area contributed by atoms with Crippen LogP contribution in [0.4, 0.5) is 5.69 Å². The molecule has 0 atom stereocenters. The van der Waals surface area contributed by atoms with E-state index < -0.39 is 0 Å². The predicted octanol–water partition coefficient (Wildman–Crippen LogP) is 1.000. The van der Waals surface area contributed by atoms with Crippen molar-refractivity contribution >= 4 is 23.4 Å². The Morgan fingerprint density at radius 3 is 2.22 bits per heavy atom. The first kappa shape index (κ1) is 14.7. The maximum Gasteiger partial charge on any atom is 0.261 e. The molecule has 2 aromatic rings. The maximum atomic E-state index is 12.1. The molecule has 1 aromatic carbocycles. The van der Waals surface area contributed by atoms with Crippen molar-refractivity contribution in [1.82, 2.24) is 9.88 Å². The van der Waals surface area contributed by atoms with Gasteiger partial charge in [-0.3, -0.25) is 24.1 Å². The Morgan fingerprint density at radius 1 is 1.00 bits per heavy atom. The molecule has 3 rings (SSSR count). The summed E-state index contributed by atoms with van der Waals surface area (Å²) in [5.74, 6) is -1.13. The van der Waals surface area contributed by atoms with Gasteiger partial charge in [0.05, 0.1) is 16.8 Å². The molecule has 0 aliphatic carbocycles. The summed E-state index contributed by atoms with van der Waals surface area (Å²) in [5, 5.41) is 2.59. The van der Waals surface area contributed by atoms with Crippen LogP contribution in [0.25, 0.3) is 0 Å². The van der Waals surface area contributed by atoms with Crippen molar-refractivity contribution in [1.29, 1.82) is 0 Å². The van der Waals surface area contributed by atoms with Crippen molar-refractivity contribution in [2.45, 2.75) is 6.42 Å². The van der Waals surface area contributed by atoms with Crippen LogP contribution in [-0.2, 0) is 4.79 Å². The number of pyridine rings is 1. The molecule has 7 nitrogen and oxygen atoms in total. The van der Waals surface area contributed by atoms with Gasteiger partial charge in [-0.25, -0.2) is 0 Å². The fourth-order valence-corrected chi connectivity index (χ4v) is 2.37. The van der Waals surface area contributed by atoms with E-state index in [2.05, 4.69) is 10.3 Å². The second-order valence-corrected chi connectivity index (χ2v) is 5.05. The molecular formula is C16H13N3O4. The number of fused-ring (bicyclic) bond motifs is 1. The number of hydrogen-bond acceptors (Lipinski definition) is 4. The molecule has 0 unspecified atom stereocenters. The summed E-state index contributed by atoms with van der Waals surface area (Å²) in [6.45, 7) is 0.00152. The summed E-state index contributed by atoms with van der Waals surface area (Å²) in [5.41, 5.74) is 0.892. The van der Waals surface area contributed by atoms with E-state index in [1.165, 1.54) is 18.3 Å². The molecule has 1 aliphatic heterocycles. The SMILES string of the molecule is O=C(CCN1C(=O)c2ccccc2C1=O)Nc1ccc(=O)[nH]c1. The quantitative estimate of drug-likeness (QED) is 0.823. The molecule has 23 heavy (non-hydrogen) atoms. The lowest BCUT2D eigenvalue weighted by Gasteiger charge is -2.13. The molecule has 1 aromatic heterocycles. The second kappa shape index (κ2) is 5.88. The first-order valence-corrected chi connectivity index (χ1v) is 7.00. The Bertz CT molecular complexity index is 801. The van der Waals surface area contributed by atoms with Gasteiger partial charge in [0.2, 0.25) is 11.5 Å². The number of imide groups is 1. The molecule has 0 saturated heterocycles. The molecule has 0 bridgehead atoms. The van der Waals surface area contributed by atoms with E-state index in [1.54, 1.807) is 24.3 Å². The van der Waals surface area contributed by atoms with Crippen LogP contribution in [0.15, 0.2) is 47.4 Å². The highest BCUT2D eigenvalue weighted by molar-refractivity contribution is 6.21. The summed E-state index contributed by atoms with van der Waals surface area (Å²) in [7, 11) is 0. The van der Waals surface area contributed by atoms with Crippen LogP contribution < -0.4 is 10.9 Å². The highest BCUT2D eigenvalue weighted by atomic mass is 16.2. The van der Waals surface area contributed by atoms with E-state index in [-0.39, 0.29) is 36.2 Å². The van der Waals surface area contributed by atoms with Gasteiger partial charge in [0, 0.05) is 25.2 Å². The number of carbonyl (C=O) groups excluding carboxylic acids is 3. The average molecular weight is 311 g/mol. The minimum atomic E-state index is -0.387. The molecule has 0 fully saturated rings. The Morgan fingerprint density at radius 2 is 1.65 bits per heavy atom. The smallest absolute Gasteiger partial charge is 0.261 e. The largest absolute Gasteiger partial charge is 0.327 e. The normalized spacial score (nSPS) is 13.1. The highest BCUT2D eigenvalue weighted by Gasteiger charge is 2.34. The van der Waals surface area contributed by atoms with Gasteiger partial charge in [-0.1, -0.05) is 12.1 Å². The summed E-state index contributed by atoms with van der Waals surface area (Å²) < 4.78 is 0. The van der Waals surface area contributed by atoms with Gasteiger partial charge in [0.25, 0.3) is 11.8 Å². The third-order valence-corrected chi connectivity index (χ3v) is 3.51. The van der Waals surface area contributed by atoms with Crippen molar-refractivity contribution in [2.24, 2.45) is 0 Å². The van der Waals surface area contributed by atoms with Crippen LogP contribution in [0.5, 0.6) is 0 Å². The van der Waals surface area contributed by atoms with Crippen molar-refractivity contribution in [3.8, 4) is 0 Å². The minimum absolute atomic E-state index is 0.00152. The Kier molecular flexibility index (Phi) is 3.76. The molecule has 2 N–H and O–H groups in total. The zero-order valence-corrected chi connectivity index (χ0v) is 12.0. The van der Waals surface area contributed by atoms with Gasteiger partial charge in [0.15, 0.2) is 0 Å². The van der Waals surface area contributed by atoms with Gasteiger partial charge in [-0.2, -0.15) is 0 Å². The third kappa shape index (κ3) is 2.89. The Hall–Kier alpha value is -3.22. The van der Waals surface area contributed by atoms with E-state index in [4.69, 9.17) is 0 Å². The molecule has 1 aliphatic rings. The monoisotopic (exact) mass is 311 g/mol. The lowest BCUT2D eigenvalue weighted by atomic mass is 10.1. The topological polar surface area (TPSA) is 99.3 Å². The molecule has 0 spiro atoms. The molecule has 2 heterocycles. The molecule has 0 radical (unpaired) electrons. The van der Waals surface area contributed by atoms with E-state index in [0.29, 0.717) is 16.8 Å². The first-order chi connectivity index (χ1) is 11.1. The molecule has 116 valence electrons. The van der Waals surface area contributed by atoms with E-state index >= 15 is 0 Å². The fourth-order valence-electron chi connectivity index (χ4n) is 2.37. The van der Waals surface area contributed by atoms with Crippen LogP contribution in [0.3, 0.4) is 0 Å². The van der Waals surface area contributed by atoms with Crippen LogP contribution in [0.1, 0.15) is 27.1 Å². The summed E-state index contributed by atoms with van der Waals surface area (Å²) in [6, 6.07) is 9.33. The number of H-pyrrole nitrogens is 1. The van der Waals surface area contributed by atoms with E-state index in [0.717, 1.165) is 4.90 Å². The number of aromatic nitrogens is 1. The van der Waals surface area contributed by atoms with Crippen LogP contribution in [0.2, 0.25) is 0 Å². The summed E-state index contributed by atoms with van der Waals surface area (Å²) in [4.78, 5) is 50.6. The number of rotatable bonds is 4. The van der Waals surface area contributed by atoms with E-state index in [9.17, 15) is 19.2 Å². The zero-order valence-electron chi connectivity index (χ0n) is 12.0. The van der Waals surface area contributed by atoms with Crippen LogP contribution in [-0.4, -0.2) is 34.2 Å². The van der Waals surface area contributed by atoms with Crippen molar-refractivity contribution in [2.75, 3.05) is 11.9 Å². The van der Waals surface area contributed by atoms with Gasteiger partial charge >= 0.3 is 0 Å². The number of benzene rings is 1. The molecular weight excluding hydrogens is 298 g/mol. The fraction of sp³-hybridized carbons (Fsp3) is 0.125. The number of amides is 3. The maximum absolute atomic E-state index is 12.1. The molecule has 3 amide bonds. The van der Waals surface area contributed by atoms with Gasteiger partial charge in [-0.15, -0.1) is 0 Å². The number of aromatic amines is 1. The third-order valence-electron chi connectivity index (χ3n) is 3.51. The average Bonchev–Trinajstić information content (AvgIpc) is 2.80. The Labute approximate surface area is 130 Å². The van der Waals surface area contributed by atoms with Crippen molar-refractivity contribution in [3.05, 3.63) is 64.1 Å². The van der Waals surface area contributed by atoms with Crippen molar-refractivity contribution in [3.63, 3.8) is 0 Å². The van der Waals surface area contributed by atoms with Gasteiger partial charge in [0.1, 0.15) is 0 Å². The van der Waals surface area contributed by atoms with Crippen LogP contribution in [0, 0.1) is 0 Å². The van der Waals surface area contributed by atoms with Crippen LogP contribution >= 0.6 is 0 Å². The molecule has 7 heteroatoms. The zero-order chi connectivity index (χ0) is 16.4. The van der Waals surface area contributed by atoms with Gasteiger partial charge < -0.3 is 10.3 Å². The number of carbonyl (C=O) groups is 3. The lowest BCUT2D eigenvalue weighted by Crippen LogP contribution is -2.32. The summed E-state index contributed by atoms with van der Waals surface area (Å²) in [6.07, 6.45) is 1.35. The summed E-state index contributed by atoms with van der Waals surface area (Å²) >= 11 is 0. The second-order valence-electron chi connectivity index (χ2n) is 5.05. The number of nitrogens with zero attached hydrogens (tertiary/aromatic N) is 1. The lowest BCUT2D eigenvalue weighted by molar-refractivity contribution is -0.116. The standard InChI is InChI=1S/C16H13N3O4/c20-13-6-5-10(9-17-13)18-14(21)7-8-19-15(22)11-3-1-2-4-12(11)16(19)23/h1-6,9H,7-8H2,(H,17,20)(H,18,21). The predicted molar refractivity (Wildman–Crippen MR) is 82.1 cm³/mol.